The van der Waals surface area contributed by atoms with Gasteiger partial charge in [0.05, 0.1) is 21.7 Å². The molecule has 140 valence electrons. The van der Waals surface area contributed by atoms with Gasteiger partial charge >= 0.3 is 0 Å². The number of rotatable bonds is 4. The van der Waals surface area contributed by atoms with Crippen molar-refractivity contribution >= 4 is 62.1 Å². The Balaban J connectivity index is 1.91. The van der Waals surface area contributed by atoms with Gasteiger partial charge in [0.2, 0.25) is 0 Å². The Morgan fingerprint density at radius 3 is 2.70 bits per heavy atom. The minimum atomic E-state index is -0.0960. The second-order valence-corrected chi connectivity index (χ2v) is 8.44. The first-order chi connectivity index (χ1) is 12.8. The third-order valence-electron chi connectivity index (χ3n) is 3.70. The van der Waals surface area contributed by atoms with Gasteiger partial charge in [-0.15, -0.1) is 0 Å². The molecule has 0 aliphatic carbocycles. The fourth-order valence-electron chi connectivity index (χ4n) is 2.42. The van der Waals surface area contributed by atoms with E-state index in [1.54, 1.807) is 18.0 Å². The Labute approximate surface area is 176 Å². The van der Waals surface area contributed by atoms with Crippen LogP contribution in [-0.4, -0.2) is 29.1 Å². The van der Waals surface area contributed by atoms with Crippen molar-refractivity contribution in [3.63, 3.8) is 0 Å². The molecule has 1 amide bonds. The predicted molar refractivity (Wildman–Crippen MR) is 117 cm³/mol. The van der Waals surface area contributed by atoms with E-state index in [0.29, 0.717) is 20.8 Å². The molecule has 0 spiro atoms. The Morgan fingerprint density at radius 1 is 1.26 bits per heavy atom. The Morgan fingerprint density at radius 2 is 2.00 bits per heavy atom. The van der Waals surface area contributed by atoms with E-state index in [2.05, 4.69) is 20.9 Å². The van der Waals surface area contributed by atoms with Crippen molar-refractivity contribution in [3.8, 4) is 5.75 Å². The molecule has 7 heteroatoms. The van der Waals surface area contributed by atoms with Crippen LogP contribution in [0.5, 0.6) is 5.75 Å². The average Bonchev–Trinajstić information content (AvgIpc) is 2.87. The smallest absolute Gasteiger partial charge is 0.266 e. The van der Waals surface area contributed by atoms with E-state index in [-0.39, 0.29) is 12.0 Å². The lowest BCUT2D eigenvalue weighted by atomic mass is 10.2. The minimum absolute atomic E-state index is 0.0541. The highest BCUT2D eigenvalue weighted by Gasteiger charge is 2.30. The lowest BCUT2D eigenvalue weighted by Gasteiger charge is -2.12. The zero-order valence-corrected chi connectivity index (χ0v) is 18.2. The number of hydrogen-bond acceptors (Lipinski definition) is 4. The number of nitrogens with zero attached hydrogens (tertiary/aromatic N) is 2. The van der Waals surface area contributed by atoms with Crippen LogP contribution >= 0.6 is 39.3 Å². The van der Waals surface area contributed by atoms with Crippen LogP contribution in [0.2, 0.25) is 5.02 Å². The van der Waals surface area contributed by atoms with E-state index in [4.69, 9.17) is 16.3 Å². The Bertz CT molecular complexity index is 943. The molecule has 2 aromatic carbocycles. The molecule has 0 unspecified atom stereocenters. The maximum Gasteiger partial charge on any atom is 0.266 e. The van der Waals surface area contributed by atoms with Gasteiger partial charge in [-0.05, 0) is 71.9 Å². The van der Waals surface area contributed by atoms with Gasteiger partial charge in [-0.2, -0.15) is 0 Å². The lowest BCUT2D eigenvalue weighted by molar-refractivity contribution is -0.121. The number of thioether (sulfide) groups is 1. The molecule has 1 aliphatic rings. The van der Waals surface area contributed by atoms with Gasteiger partial charge < -0.3 is 4.74 Å². The standard InChI is InChI=1S/C20H18BrClN2O2S/c1-12(2)26-17-7-5-4-6-13(17)10-18-19(25)24(3)20(27-18)23-14-8-9-15(21)16(22)11-14/h4-12H,1-3H3/b18-10+,23-20?. The van der Waals surface area contributed by atoms with E-state index < -0.39 is 0 Å². The van der Waals surface area contributed by atoms with Crippen LogP contribution in [0.25, 0.3) is 6.08 Å². The van der Waals surface area contributed by atoms with Gasteiger partial charge in [-0.25, -0.2) is 4.99 Å². The fourth-order valence-corrected chi connectivity index (χ4v) is 3.82. The summed E-state index contributed by atoms with van der Waals surface area (Å²) in [6.45, 7) is 3.95. The van der Waals surface area contributed by atoms with Crippen molar-refractivity contribution in [2.75, 3.05) is 7.05 Å². The number of hydrogen-bond donors (Lipinski definition) is 0. The third-order valence-corrected chi connectivity index (χ3v) is 5.99. The fraction of sp³-hybridized carbons (Fsp3) is 0.200. The van der Waals surface area contributed by atoms with Crippen LogP contribution in [0, 0.1) is 0 Å². The molecule has 0 atom stereocenters. The first kappa shape index (κ1) is 20.0. The van der Waals surface area contributed by atoms with E-state index in [0.717, 1.165) is 15.8 Å². The molecular formula is C20H18BrClN2O2S. The predicted octanol–water partition coefficient (Wildman–Crippen LogP) is 6.12. The summed E-state index contributed by atoms with van der Waals surface area (Å²) in [5.74, 6) is 0.655. The zero-order valence-electron chi connectivity index (χ0n) is 15.1. The van der Waals surface area contributed by atoms with E-state index in [1.165, 1.54) is 11.8 Å². The first-order valence-corrected chi connectivity index (χ1v) is 10.3. The number of carbonyl (C=O) groups excluding carboxylic acids is 1. The summed E-state index contributed by atoms with van der Waals surface area (Å²) in [7, 11) is 1.71. The SMILES string of the molecule is CC(C)Oc1ccccc1/C=C1/SC(=Nc2ccc(Br)c(Cl)c2)N(C)C1=O. The number of halogens is 2. The molecule has 4 nitrogen and oxygen atoms in total. The van der Waals surface area contributed by atoms with Crippen LogP contribution in [0.4, 0.5) is 5.69 Å². The second kappa shape index (κ2) is 8.50. The maximum absolute atomic E-state index is 12.6. The molecule has 1 aliphatic heterocycles. The lowest BCUT2D eigenvalue weighted by Crippen LogP contribution is -2.23. The highest BCUT2D eigenvalue weighted by molar-refractivity contribution is 9.10. The third kappa shape index (κ3) is 4.75. The van der Waals surface area contributed by atoms with Gasteiger partial charge in [0.1, 0.15) is 5.75 Å². The molecule has 1 heterocycles. The average molecular weight is 466 g/mol. The van der Waals surface area contributed by atoms with E-state index in [1.807, 2.05) is 56.3 Å². The monoisotopic (exact) mass is 464 g/mol. The summed E-state index contributed by atoms with van der Waals surface area (Å²) in [4.78, 5) is 19.3. The number of aliphatic imine (C=N–C) groups is 1. The molecule has 3 rings (SSSR count). The van der Waals surface area contributed by atoms with Crippen molar-refractivity contribution < 1.29 is 9.53 Å². The van der Waals surface area contributed by atoms with Gasteiger partial charge in [0, 0.05) is 17.1 Å². The number of benzene rings is 2. The summed E-state index contributed by atoms with van der Waals surface area (Å²) in [5.41, 5.74) is 1.55. The van der Waals surface area contributed by atoms with Crippen molar-refractivity contribution in [3.05, 3.63) is 62.4 Å². The molecule has 1 saturated heterocycles. The molecule has 0 radical (unpaired) electrons. The highest BCUT2D eigenvalue weighted by atomic mass is 79.9. The molecule has 2 aromatic rings. The normalized spacial score (nSPS) is 17.4. The number of carbonyl (C=O) groups is 1. The number of para-hydroxylation sites is 1. The Kier molecular flexibility index (Phi) is 6.29. The second-order valence-electron chi connectivity index (χ2n) is 6.17. The van der Waals surface area contributed by atoms with Gasteiger partial charge in [0.25, 0.3) is 5.91 Å². The molecule has 0 aromatic heterocycles. The minimum Gasteiger partial charge on any atom is -0.490 e. The van der Waals surface area contributed by atoms with Gasteiger partial charge in [0.15, 0.2) is 5.17 Å². The largest absolute Gasteiger partial charge is 0.490 e. The van der Waals surface area contributed by atoms with Gasteiger partial charge in [-0.3, -0.25) is 9.69 Å². The summed E-state index contributed by atoms with van der Waals surface area (Å²) >= 11 is 10.8. The Hall–Kier alpha value is -1.76. The number of amides is 1. The summed E-state index contributed by atoms with van der Waals surface area (Å²) in [6, 6.07) is 13.1. The summed E-state index contributed by atoms with van der Waals surface area (Å²) < 4.78 is 6.64. The van der Waals surface area contributed by atoms with Crippen molar-refractivity contribution in [1.29, 1.82) is 0 Å². The van der Waals surface area contributed by atoms with Crippen LogP contribution in [0.3, 0.4) is 0 Å². The van der Waals surface area contributed by atoms with Crippen LogP contribution in [-0.2, 0) is 4.79 Å². The molecule has 1 fully saturated rings. The number of ether oxygens (including phenoxy) is 1. The maximum atomic E-state index is 12.6. The zero-order chi connectivity index (χ0) is 19.6. The van der Waals surface area contributed by atoms with Crippen molar-refractivity contribution in [2.45, 2.75) is 20.0 Å². The van der Waals surface area contributed by atoms with Crippen molar-refractivity contribution in [1.82, 2.24) is 4.90 Å². The highest BCUT2D eigenvalue weighted by Crippen LogP contribution is 2.35. The molecule has 27 heavy (non-hydrogen) atoms. The summed E-state index contributed by atoms with van der Waals surface area (Å²) in [6.07, 6.45) is 1.90. The molecule has 0 N–H and O–H groups in total. The number of likely N-dealkylation sites (N-methyl/N-ethyl adjacent to an activating group) is 1. The molecule has 0 bridgehead atoms. The van der Waals surface area contributed by atoms with Crippen LogP contribution in [0.1, 0.15) is 19.4 Å². The quantitative estimate of drug-likeness (QED) is 0.511. The van der Waals surface area contributed by atoms with Gasteiger partial charge in [-0.1, -0.05) is 29.8 Å². The first-order valence-electron chi connectivity index (χ1n) is 8.32. The molecule has 0 saturated carbocycles. The number of amidine groups is 1. The van der Waals surface area contributed by atoms with Crippen molar-refractivity contribution in [2.24, 2.45) is 4.99 Å². The molecular weight excluding hydrogens is 448 g/mol. The summed E-state index contributed by atoms with van der Waals surface area (Å²) in [5, 5.41) is 1.18. The van der Waals surface area contributed by atoms with E-state index in [9.17, 15) is 4.79 Å². The van der Waals surface area contributed by atoms with Crippen LogP contribution in [0.15, 0.2) is 56.8 Å². The topological polar surface area (TPSA) is 41.9 Å². The van der Waals surface area contributed by atoms with Crippen LogP contribution < -0.4 is 4.74 Å². The van der Waals surface area contributed by atoms with E-state index >= 15 is 0 Å².